The van der Waals surface area contributed by atoms with E-state index in [1.165, 1.54) is 0 Å². The van der Waals surface area contributed by atoms with Crippen LogP contribution >= 0.6 is 11.6 Å². The fraction of sp³-hybridized carbons (Fsp3) is 0.111. The first-order chi connectivity index (χ1) is 11.4. The number of ether oxygens (including phenoxy) is 2. The van der Waals surface area contributed by atoms with Crippen LogP contribution in [-0.4, -0.2) is 26.0 Å². The monoisotopic (exact) mass is 345 g/mol. The van der Waals surface area contributed by atoms with Gasteiger partial charge in [-0.3, -0.25) is 0 Å². The lowest BCUT2D eigenvalue weighted by molar-refractivity contribution is -0.129. The number of rotatable bonds is 5. The second-order valence-corrected chi connectivity index (χ2v) is 5.49. The molecule has 124 valence electrons. The molecule has 0 aliphatic heterocycles. The number of fused-ring (bicyclic) bond motifs is 1. The molecule has 6 heteroatoms. The molecule has 0 aliphatic rings. The zero-order valence-electron chi connectivity index (χ0n) is 13.3. The standard InChI is InChI=1S/C18H16ClNO4/c1-5-16(21)23-15-10-14(20(3)4)18(24-17(22)6-2)12-8-7-11(19)9-13(12)15/h5-10H,1-2H2,3-4H3. The van der Waals surface area contributed by atoms with Crippen molar-refractivity contribution in [1.82, 2.24) is 0 Å². The van der Waals surface area contributed by atoms with Gasteiger partial charge in [0.15, 0.2) is 5.75 Å². The van der Waals surface area contributed by atoms with E-state index in [2.05, 4.69) is 13.2 Å². The van der Waals surface area contributed by atoms with Crippen LogP contribution in [0.4, 0.5) is 5.69 Å². The van der Waals surface area contributed by atoms with Gasteiger partial charge in [-0.25, -0.2) is 9.59 Å². The van der Waals surface area contributed by atoms with Crippen molar-refractivity contribution < 1.29 is 19.1 Å². The maximum Gasteiger partial charge on any atom is 0.335 e. The second-order valence-electron chi connectivity index (χ2n) is 5.06. The number of carbonyl (C=O) groups excluding carboxylic acids is 2. The highest BCUT2D eigenvalue weighted by Crippen LogP contribution is 2.42. The normalized spacial score (nSPS) is 10.1. The molecule has 0 radical (unpaired) electrons. The molecule has 2 rings (SSSR count). The van der Waals surface area contributed by atoms with Crippen molar-refractivity contribution in [1.29, 1.82) is 0 Å². The van der Waals surface area contributed by atoms with Gasteiger partial charge in [-0.05, 0) is 18.2 Å². The summed E-state index contributed by atoms with van der Waals surface area (Å²) in [5.41, 5.74) is 0.562. The first kappa shape index (κ1) is 17.6. The summed E-state index contributed by atoms with van der Waals surface area (Å²) in [5, 5.41) is 1.57. The minimum Gasteiger partial charge on any atom is -0.423 e. The maximum absolute atomic E-state index is 11.7. The molecule has 0 amide bonds. The number of esters is 2. The molecule has 0 heterocycles. The van der Waals surface area contributed by atoms with Crippen LogP contribution in [0, 0.1) is 0 Å². The van der Waals surface area contributed by atoms with Crippen LogP contribution in [0.1, 0.15) is 0 Å². The number of benzene rings is 2. The first-order valence-electron chi connectivity index (χ1n) is 6.99. The predicted molar refractivity (Wildman–Crippen MR) is 94.9 cm³/mol. The molecule has 2 aromatic carbocycles. The predicted octanol–water partition coefficient (Wildman–Crippen LogP) is 3.74. The van der Waals surface area contributed by atoms with E-state index in [0.717, 1.165) is 12.2 Å². The van der Waals surface area contributed by atoms with E-state index >= 15 is 0 Å². The zero-order chi connectivity index (χ0) is 17.9. The smallest absolute Gasteiger partial charge is 0.335 e. The Morgan fingerprint density at radius 2 is 1.67 bits per heavy atom. The Bertz CT molecular complexity index is 843. The molecule has 0 fully saturated rings. The largest absolute Gasteiger partial charge is 0.423 e. The molecule has 2 aromatic rings. The Balaban J connectivity index is 2.79. The van der Waals surface area contributed by atoms with Gasteiger partial charge in [0.25, 0.3) is 0 Å². The van der Waals surface area contributed by atoms with Gasteiger partial charge in [-0.2, -0.15) is 0 Å². The molecule has 0 saturated heterocycles. The van der Waals surface area contributed by atoms with Crippen molar-refractivity contribution in [2.75, 3.05) is 19.0 Å². The molecule has 0 spiro atoms. The molecular formula is C18H16ClNO4. The molecule has 24 heavy (non-hydrogen) atoms. The van der Waals surface area contributed by atoms with Crippen molar-refractivity contribution in [2.24, 2.45) is 0 Å². The van der Waals surface area contributed by atoms with Gasteiger partial charge in [0, 0.05) is 48.1 Å². The van der Waals surface area contributed by atoms with E-state index in [1.54, 1.807) is 43.3 Å². The van der Waals surface area contributed by atoms with Crippen molar-refractivity contribution in [3.05, 3.63) is 54.6 Å². The minimum absolute atomic E-state index is 0.291. The molecule has 0 aromatic heterocycles. The molecule has 0 aliphatic carbocycles. The van der Waals surface area contributed by atoms with Crippen molar-refractivity contribution in [2.45, 2.75) is 0 Å². The van der Waals surface area contributed by atoms with Crippen LogP contribution < -0.4 is 14.4 Å². The number of halogens is 1. The van der Waals surface area contributed by atoms with E-state index in [9.17, 15) is 9.59 Å². The van der Waals surface area contributed by atoms with Crippen LogP contribution in [-0.2, 0) is 9.59 Å². The molecule has 0 saturated carbocycles. The quantitative estimate of drug-likeness (QED) is 0.469. The van der Waals surface area contributed by atoms with Crippen LogP contribution in [0.15, 0.2) is 49.6 Å². The van der Waals surface area contributed by atoms with Gasteiger partial charge in [-0.15, -0.1) is 0 Å². The summed E-state index contributed by atoms with van der Waals surface area (Å²) in [7, 11) is 3.56. The number of hydrogen-bond acceptors (Lipinski definition) is 5. The minimum atomic E-state index is -0.600. The Kier molecular flexibility index (Phi) is 5.26. The van der Waals surface area contributed by atoms with Gasteiger partial charge in [0.2, 0.25) is 0 Å². The van der Waals surface area contributed by atoms with Gasteiger partial charge in [0.05, 0.1) is 5.69 Å². The van der Waals surface area contributed by atoms with Crippen LogP contribution in [0.2, 0.25) is 5.02 Å². The van der Waals surface area contributed by atoms with Crippen LogP contribution in [0.3, 0.4) is 0 Å². The van der Waals surface area contributed by atoms with Gasteiger partial charge in [-0.1, -0.05) is 24.8 Å². The van der Waals surface area contributed by atoms with Gasteiger partial charge in [0.1, 0.15) is 5.75 Å². The lowest BCUT2D eigenvalue weighted by atomic mass is 10.1. The molecule has 0 atom stereocenters. The molecule has 0 unspecified atom stereocenters. The highest BCUT2D eigenvalue weighted by atomic mass is 35.5. The fourth-order valence-electron chi connectivity index (χ4n) is 2.14. The summed E-state index contributed by atoms with van der Waals surface area (Å²) in [6, 6.07) is 6.59. The Morgan fingerprint density at radius 1 is 1.04 bits per heavy atom. The summed E-state index contributed by atoms with van der Waals surface area (Å²) in [5.74, 6) is -0.573. The lowest BCUT2D eigenvalue weighted by Gasteiger charge is -2.20. The second kappa shape index (κ2) is 7.19. The maximum atomic E-state index is 11.7. The van der Waals surface area contributed by atoms with E-state index in [-0.39, 0.29) is 0 Å². The third-order valence-electron chi connectivity index (χ3n) is 3.22. The topological polar surface area (TPSA) is 55.8 Å². The first-order valence-corrected chi connectivity index (χ1v) is 7.37. The number of carbonyl (C=O) groups is 2. The highest BCUT2D eigenvalue weighted by molar-refractivity contribution is 6.31. The average molecular weight is 346 g/mol. The Hall–Kier alpha value is -2.79. The number of hydrogen-bond donors (Lipinski definition) is 0. The third kappa shape index (κ3) is 3.58. The lowest BCUT2D eigenvalue weighted by Crippen LogP contribution is -2.14. The highest BCUT2D eigenvalue weighted by Gasteiger charge is 2.19. The summed E-state index contributed by atoms with van der Waals surface area (Å²) in [6.45, 7) is 6.79. The van der Waals surface area contributed by atoms with Crippen molar-refractivity contribution in [3.8, 4) is 11.5 Å². The van der Waals surface area contributed by atoms with Crippen molar-refractivity contribution >= 4 is 40.0 Å². The van der Waals surface area contributed by atoms with Crippen molar-refractivity contribution in [3.63, 3.8) is 0 Å². The SMILES string of the molecule is C=CC(=O)Oc1cc(N(C)C)c(OC(=O)C=C)c2ccc(Cl)cc12. The summed E-state index contributed by atoms with van der Waals surface area (Å²) >= 11 is 6.05. The van der Waals surface area contributed by atoms with Crippen LogP contribution in [0.5, 0.6) is 11.5 Å². The van der Waals surface area contributed by atoms with E-state index < -0.39 is 11.9 Å². The van der Waals surface area contributed by atoms with Gasteiger partial charge < -0.3 is 14.4 Å². The average Bonchev–Trinajstić information content (AvgIpc) is 2.55. The number of nitrogens with zero attached hydrogens (tertiary/aromatic N) is 1. The summed E-state index contributed by atoms with van der Waals surface area (Å²) < 4.78 is 10.7. The molecule has 0 N–H and O–H groups in total. The molecular weight excluding hydrogens is 330 g/mol. The molecule has 5 nitrogen and oxygen atoms in total. The number of anilines is 1. The summed E-state index contributed by atoms with van der Waals surface area (Å²) in [6.07, 6.45) is 2.14. The Labute approximate surface area is 144 Å². The fourth-order valence-corrected chi connectivity index (χ4v) is 2.31. The Morgan fingerprint density at radius 3 is 2.25 bits per heavy atom. The molecule has 0 bridgehead atoms. The van der Waals surface area contributed by atoms with E-state index in [1.807, 2.05) is 0 Å². The summed E-state index contributed by atoms with van der Waals surface area (Å²) in [4.78, 5) is 25.0. The van der Waals surface area contributed by atoms with Crippen LogP contribution in [0.25, 0.3) is 10.8 Å². The van der Waals surface area contributed by atoms with Gasteiger partial charge >= 0.3 is 11.9 Å². The van der Waals surface area contributed by atoms with E-state index in [0.29, 0.717) is 33.0 Å². The third-order valence-corrected chi connectivity index (χ3v) is 3.46. The van der Waals surface area contributed by atoms with E-state index in [4.69, 9.17) is 21.1 Å². The zero-order valence-corrected chi connectivity index (χ0v) is 14.1.